The van der Waals surface area contributed by atoms with E-state index in [4.69, 9.17) is 27.9 Å². The van der Waals surface area contributed by atoms with Gasteiger partial charge in [0.05, 0.1) is 33.7 Å². The van der Waals surface area contributed by atoms with Gasteiger partial charge in [0.25, 0.3) is 0 Å². The number of carbonyl (C=O) groups is 1. The van der Waals surface area contributed by atoms with Crippen LogP contribution in [0.5, 0.6) is 0 Å². The van der Waals surface area contributed by atoms with Crippen molar-refractivity contribution in [3.63, 3.8) is 0 Å². The molecular formula is C21H22BrCl2FN4O2. The van der Waals surface area contributed by atoms with Crippen LogP contribution in [0.2, 0.25) is 10.3 Å². The van der Waals surface area contributed by atoms with Crippen LogP contribution in [0, 0.1) is 5.82 Å². The van der Waals surface area contributed by atoms with Crippen molar-refractivity contribution < 1.29 is 13.9 Å². The number of carbonyl (C=O) groups excluding carboxylic acids is 1. The van der Waals surface area contributed by atoms with Crippen molar-refractivity contribution in [1.29, 1.82) is 0 Å². The molecule has 0 spiro atoms. The molecule has 4 unspecified atom stereocenters. The van der Waals surface area contributed by atoms with Crippen molar-refractivity contribution in [2.75, 3.05) is 4.90 Å². The van der Waals surface area contributed by atoms with Gasteiger partial charge in [-0.3, -0.25) is 4.90 Å². The van der Waals surface area contributed by atoms with Gasteiger partial charge in [-0.15, -0.1) is 0 Å². The van der Waals surface area contributed by atoms with E-state index in [2.05, 4.69) is 30.8 Å². The normalized spacial score (nSPS) is 27.3. The summed E-state index contributed by atoms with van der Waals surface area (Å²) in [6, 6.07) is 1.81. The van der Waals surface area contributed by atoms with Crippen LogP contribution in [0.1, 0.15) is 46.5 Å². The SMILES string of the molecule is CC(C)(C)OC(=O)N1C2CCC1C1CCC2N1c1nc(Cl)nc2c(F)c(Br)c(Cl)cc12. The first-order chi connectivity index (χ1) is 14.6. The largest absolute Gasteiger partial charge is 0.444 e. The van der Waals surface area contributed by atoms with Crippen LogP contribution >= 0.6 is 39.1 Å². The third kappa shape index (κ3) is 3.37. The monoisotopic (exact) mass is 530 g/mol. The topological polar surface area (TPSA) is 58.6 Å². The second-order valence-corrected chi connectivity index (χ2v) is 11.0. The Hall–Kier alpha value is -1.38. The standard InChI is InChI=1S/C21H22BrCl2FN4O2/c1-21(2,3)31-20(30)29-13-6-7-14(29)12-5-4-11(13)28(12)18-9-8-10(23)15(22)16(25)17(9)26-19(24)27-18/h8,11-14H,4-7H2,1-3H3. The maximum atomic E-state index is 14.9. The number of hydrogen-bond donors (Lipinski definition) is 0. The molecule has 3 aliphatic heterocycles. The molecule has 4 bridgehead atoms. The Labute approximate surface area is 198 Å². The Balaban J connectivity index is 1.59. The second-order valence-electron chi connectivity index (χ2n) is 9.42. The first kappa shape index (κ1) is 21.5. The number of nitrogens with zero attached hydrogens (tertiary/aromatic N) is 4. The Bertz CT molecular complexity index is 1080. The van der Waals surface area contributed by atoms with Crippen LogP contribution in [-0.4, -0.2) is 50.7 Å². The number of piperazine rings is 1. The summed E-state index contributed by atoms with van der Waals surface area (Å²) in [4.78, 5) is 25.8. The second kappa shape index (κ2) is 7.32. The molecule has 1 aromatic carbocycles. The maximum absolute atomic E-state index is 14.9. The molecule has 31 heavy (non-hydrogen) atoms. The van der Waals surface area contributed by atoms with Crippen LogP contribution in [0.15, 0.2) is 10.5 Å². The van der Waals surface area contributed by atoms with Gasteiger partial charge >= 0.3 is 6.09 Å². The lowest BCUT2D eigenvalue weighted by Gasteiger charge is -2.47. The van der Waals surface area contributed by atoms with Gasteiger partial charge in [-0.25, -0.2) is 14.2 Å². The molecule has 4 heterocycles. The molecule has 4 atom stereocenters. The van der Waals surface area contributed by atoms with Gasteiger partial charge < -0.3 is 9.64 Å². The molecule has 0 radical (unpaired) electrons. The fourth-order valence-electron chi connectivity index (χ4n) is 5.47. The van der Waals surface area contributed by atoms with Gasteiger partial charge in [-0.05, 0) is 80.1 Å². The molecule has 0 saturated carbocycles. The molecule has 5 rings (SSSR count). The molecule has 1 aromatic heterocycles. The fourth-order valence-corrected chi connectivity index (χ4v) is 6.13. The maximum Gasteiger partial charge on any atom is 0.410 e. The predicted octanol–water partition coefficient (Wildman–Crippen LogP) is 5.96. The number of hydrogen-bond acceptors (Lipinski definition) is 5. The third-order valence-corrected chi connectivity index (χ3v) is 7.93. The van der Waals surface area contributed by atoms with Crippen molar-refractivity contribution in [2.45, 2.75) is 76.2 Å². The lowest BCUT2D eigenvalue weighted by atomic mass is 10.0. The molecule has 3 fully saturated rings. The summed E-state index contributed by atoms with van der Waals surface area (Å²) in [6.07, 6.45) is 3.38. The Morgan fingerprint density at radius 3 is 2.29 bits per heavy atom. The third-order valence-electron chi connectivity index (χ3n) is 6.46. The summed E-state index contributed by atoms with van der Waals surface area (Å²) in [5.74, 6) is 0.0206. The van der Waals surface area contributed by atoms with E-state index in [0.717, 1.165) is 25.7 Å². The summed E-state index contributed by atoms with van der Waals surface area (Å²) in [7, 11) is 0. The zero-order valence-corrected chi connectivity index (χ0v) is 20.4. The summed E-state index contributed by atoms with van der Waals surface area (Å²) in [5.41, 5.74) is -0.419. The van der Waals surface area contributed by atoms with Crippen LogP contribution < -0.4 is 4.90 Å². The highest BCUT2D eigenvalue weighted by Gasteiger charge is 2.58. The zero-order chi connectivity index (χ0) is 22.2. The van der Waals surface area contributed by atoms with E-state index in [-0.39, 0.29) is 50.6 Å². The van der Waals surface area contributed by atoms with Crippen molar-refractivity contribution in [2.24, 2.45) is 0 Å². The van der Waals surface area contributed by atoms with Crippen molar-refractivity contribution in [1.82, 2.24) is 14.9 Å². The Morgan fingerprint density at radius 1 is 1.13 bits per heavy atom. The highest BCUT2D eigenvalue weighted by molar-refractivity contribution is 9.10. The molecular weight excluding hydrogens is 510 g/mol. The number of aromatic nitrogens is 2. The van der Waals surface area contributed by atoms with Crippen LogP contribution in [0.3, 0.4) is 0 Å². The van der Waals surface area contributed by atoms with Gasteiger partial charge in [-0.2, -0.15) is 4.98 Å². The first-order valence-corrected chi connectivity index (χ1v) is 11.9. The summed E-state index contributed by atoms with van der Waals surface area (Å²) >= 11 is 15.7. The molecule has 1 amide bonds. The zero-order valence-electron chi connectivity index (χ0n) is 17.3. The smallest absolute Gasteiger partial charge is 0.410 e. The quantitative estimate of drug-likeness (QED) is 0.336. The predicted molar refractivity (Wildman–Crippen MR) is 121 cm³/mol. The van der Waals surface area contributed by atoms with Gasteiger partial charge in [0.15, 0.2) is 5.82 Å². The van der Waals surface area contributed by atoms with E-state index in [0.29, 0.717) is 11.2 Å². The fraction of sp³-hybridized carbons (Fsp3) is 0.571. The van der Waals surface area contributed by atoms with Crippen molar-refractivity contribution in [3.8, 4) is 0 Å². The number of benzene rings is 1. The minimum absolute atomic E-state index is 0.0122. The molecule has 166 valence electrons. The molecule has 2 aromatic rings. The van der Waals surface area contributed by atoms with E-state index >= 15 is 0 Å². The van der Waals surface area contributed by atoms with Crippen molar-refractivity contribution in [3.05, 3.63) is 26.7 Å². The summed E-state index contributed by atoms with van der Waals surface area (Å²) in [6.45, 7) is 5.63. The number of fused-ring (bicyclic) bond motifs is 7. The Morgan fingerprint density at radius 2 is 1.71 bits per heavy atom. The average molecular weight is 532 g/mol. The molecule has 3 saturated heterocycles. The number of amides is 1. The van der Waals surface area contributed by atoms with Gasteiger partial charge in [0.2, 0.25) is 5.28 Å². The van der Waals surface area contributed by atoms with Crippen LogP contribution in [0.4, 0.5) is 15.0 Å². The van der Waals surface area contributed by atoms with E-state index in [1.54, 1.807) is 6.07 Å². The van der Waals surface area contributed by atoms with Crippen LogP contribution in [-0.2, 0) is 4.74 Å². The van der Waals surface area contributed by atoms with Gasteiger partial charge in [-0.1, -0.05) is 11.6 Å². The van der Waals surface area contributed by atoms with E-state index in [1.165, 1.54) is 0 Å². The minimum Gasteiger partial charge on any atom is -0.444 e. The first-order valence-electron chi connectivity index (χ1n) is 10.4. The molecule has 0 aliphatic carbocycles. The number of ether oxygens (including phenoxy) is 1. The molecule has 10 heteroatoms. The molecule has 3 aliphatic rings. The van der Waals surface area contributed by atoms with E-state index in [1.807, 2.05) is 25.7 Å². The molecule has 0 N–H and O–H groups in total. The van der Waals surface area contributed by atoms with E-state index in [9.17, 15) is 9.18 Å². The van der Waals surface area contributed by atoms with E-state index < -0.39 is 11.4 Å². The number of rotatable bonds is 1. The number of anilines is 1. The number of halogens is 4. The van der Waals surface area contributed by atoms with Crippen molar-refractivity contribution >= 4 is 61.9 Å². The highest BCUT2D eigenvalue weighted by Crippen LogP contribution is 2.49. The minimum atomic E-state index is -0.559. The lowest BCUT2D eigenvalue weighted by Crippen LogP contribution is -2.62. The lowest BCUT2D eigenvalue weighted by molar-refractivity contribution is 0.00670. The summed E-state index contributed by atoms with van der Waals surface area (Å²) in [5, 5.41) is 0.758. The van der Waals surface area contributed by atoms with Gasteiger partial charge in [0, 0.05) is 5.39 Å². The Kier molecular flexibility index (Phi) is 5.07. The van der Waals surface area contributed by atoms with Gasteiger partial charge in [0.1, 0.15) is 16.9 Å². The summed E-state index contributed by atoms with van der Waals surface area (Å²) < 4.78 is 20.8. The average Bonchev–Trinajstić information content (AvgIpc) is 3.20. The molecule has 6 nitrogen and oxygen atoms in total. The van der Waals surface area contributed by atoms with Crippen LogP contribution in [0.25, 0.3) is 10.9 Å². The highest BCUT2D eigenvalue weighted by atomic mass is 79.9.